The summed E-state index contributed by atoms with van der Waals surface area (Å²) in [6.45, 7) is 1.62. The number of hydrogen-bond acceptors (Lipinski definition) is 1. The number of amides is 1. The number of nitrogens with zero attached hydrogens (tertiary/aromatic N) is 1. The normalized spacial score (nSPS) is 19.5. The van der Waals surface area contributed by atoms with Crippen molar-refractivity contribution >= 4 is 45.0 Å². The first-order chi connectivity index (χ1) is 9.11. The Hall–Kier alpha value is -0.250. The Morgan fingerprint density at radius 1 is 1.42 bits per heavy atom. The number of likely N-dealkylation sites (tertiary alicyclic amines) is 1. The first-order valence-electron chi connectivity index (χ1n) is 6.42. The van der Waals surface area contributed by atoms with Crippen LogP contribution in [0.15, 0.2) is 18.2 Å². The molecule has 0 bridgehead atoms. The lowest BCUT2D eigenvalue weighted by atomic mass is 9.95. The average Bonchev–Trinajstić information content (AvgIpc) is 2.41. The molecule has 104 valence electrons. The summed E-state index contributed by atoms with van der Waals surface area (Å²) in [6.07, 6.45) is 3.35. The molecule has 1 aliphatic heterocycles. The fourth-order valence-corrected chi connectivity index (χ4v) is 3.49. The lowest BCUT2D eigenvalue weighted by molar-refractivity contribution is 0.0672. The Morgan fingerprint density at radius 2 is 2.21 bits per heavy atom. The summed E-state index contributed by atoms with van der Waals surface area (Å²) in [5.41, 5.74) is 0.508. The van der Waals surface area contributed by atoms with Crippen LogP contribution in [0, 0.1) is 5.92 Å². The first-order valence-corrected chi connectivity index (χ1v) is 8.30. The highest BCUT2D eigenvalue weighted by Crippen LogP contribution is 2.26. The molecule has 1 atom stereocenters. The van der Waals surface area contributed by atoms with E-state index in [2.05, 4.69) is 15.9 Å². The number of rotatable bonds is 3. The summed E-state index contributed by atoms with van der Waals surface area (Å²) in [6, 6.07) is 5.03. The summed E-state index contributed by atoms with van der Waals surface area (Å²) < 4.78 is 0. The molecule has 5 heteroatoms. The lowest BCUT2D eigenvalue weighted by Crippen LogP contribution is -2.40. The van der Waals surface area contributed by atoms with E-state index in [1.54, 1.807) is 18.2 Å². The molecule has 1 amide bonds. The van der Waals surface area contributed by atoms with Crippen LogP contribution in [0.25, 0.3) is 0 Å². The maximum Gasteiger partial charge on any atom is 0.255 e. The Morgan fingerprint density at radius 3 is 2.95 bits per heavy atom. The first kappa shape index (κ1) is 15.1. The highest BCUT2D eigenvalue weighted by atomic mass is 79.9. The molecule has 1 aromatic carbocycles. The number of carbonyl (C=O) groups is 1. The zero-order valence-electron chi connectivity index (χ0n) is 10.5. The molecule has 1 heterocycles. The van der Waals surface area contributed by atoms with E-state index in [9.17, 15) is 4.79 Å². The molecule has 1 unspecified atom stereocenters. The molecule has 0 aliphatic carbocycles. The summed E-state index contributed by atoms with van der Waals surface area (Å²) in [5, 5.41) is 2.00. The second kappa shape index (κ2) is 6.96. The van der Waals surface area contributed by atoms with Gasteiger partial charge in [-0.05, 0) is 43.4 Å². The molecule has 1 aromatic rings. The predicted octanol–water partition coefficient (Wildman–Crippen LogP) is 4.63. The Labute approximate surface area is 132 Å². The second-order valence-electron chi connectivity index (χ2n) is 4.86. The molecule has 1 aliphatic rings. The minimum absolute atomic E-state index is 0.00762. The van der Waals surface area contributed by atoms with Crippen LogP contribution in [0.1, 0.15) is 29.6 Å². The third-order valence-electron chi connectivity index (χ3n) is 3.48. The third-order valence-corrected chi connectivity index (χ3v) is 4.50. The van der Waals surface area contributed by atoms with Crippen LogP contribution in [0.2, 0.25) is 10.0 Å². The number of hydrogen-bond donors (Lipinski definition) is 0. The predicted molar refractivity (Wildman–Crippen MR) is 83.5 cm³/mol. The Kier molecular flexibility index (Phi) is 5.55. The van der Waals surface area contributed by atoms with Gasteiger partial charge < -0.3 is 4.90 Å². The van der Waals surface area contributed by atoms with Gasteiger partial charge in [-0.1, -0.05) is 39.1 Å². The van der Waals surface area contributed by atoms with Gasteiger partial charge in [-0.15, -0.1) is 0 Å². The van der Waals surface area contributed by atoms with E-state index in [0.717, 1.165) is 31.3 Å². The highest BCUT2D eigenvalue weighted by Gasteiger charge is 2.25. The lowest BCUT2D eigenvalue weighted by Gasteiger charge is -2.32. The van der Waals surface area contributed by atoms with Crippen molar-refractivity contribution in [3.63, 3.8) is 0 Å². The van der Waals surface area contributed by atoms with Crippen molar-refractivity contribution in [2.24, 2.45) is 5.92 Å². The van der Waals surface area contributed by atoms with Crippen molar-refractivity contribution < 1.29 is 4.79 Å². The van der Waals surface area contributed by atoms with Crippen molar-refractivity contribution in [3.8, 4) is 0 Å². The number of carbonyl (C=O) groups excluding carboxylic acids is 1. The summed E-state index contributed by atoms with van der Waals surface area (Å²) in [4.78, 5) is 14.4. The zero-order valence-corrected chi connectivity index (χ0v) is 13.6. The monoisotopic (exact) mass is 363 g/mol. The fourth-order valence-electron chi connectivity index (χ4n) is 2.47. The molecule has 0 aromatic heterocycles. The van der Waals surface area contributed by atoms with E-state index < -0.39 is 0 Å². The van der Waals surface area contributed by atoms with E-state index >= 15 is 0 Å². The number of halogens is 3. The van der Waals surface area contributed by atoms with Gasteiger partial charge in [0.15, 0.2) is 0 Å². The van der Waals surface area contributed by atoms with Gasteiger partial charge in [0.1, 0.15) is 0 Å². The molecule has 0 saturated carbocycles. The average molecular weight is 365 g/mol. The largest absolute Gasteiger partial charge is 0.338 e. The van der Waals surface area contributed by atoms with Gasteiger partial charge in [-0.25, -0.2) is 0 Å². The highest BCUT2D eigenvalue weighted by molar-refractivity contribution is 9.09. The molecule has 2 nitrogen and oxygen atoms in total. The van der Waals surface area contributed by atoms with E-state index in [-0.39, 0.29) is 5.91 Å². The van der Waals surface area contributed by atoms with Crippen molar-refractivity contribution in [2.45, 2.75) is 19.3 Å². The van der Waals surface area contributed by atoms with Crippen molar-refractivity contribution in [1.29, 1.82) is 0 Å². The van der Waals surface area contributed by atoms with Gasteiger partial charge in [0.25, 0.3) is 5.91 Å². The van der Waals surface area contributed by atoms with Crippen molar-refractivity contribution in [3.05, 3.63) is 33.8 Å². The van der Waals surface area contributed by atoms with Crippen LogP contribution < -0.4 is 0 Å². The van der Waals surface area contributed by atoms with E-state index in [1.807, 2.05) is 4.90 Å². The van der Waals surface area contributed by atoms with Crippen LogP contribution in [-0.4, -0.2) is 29.2 Å². The molecule has 2 rings (SSSR count). The summed E-state index contributed by atoms with van der Waals surface area (Å²) in [7, 11) is 0. The molecule has 0 radical (unpaired) electrons. The van der Waals surface area contributed by atoms with Gasteiger partial charge in [0, 0.05) is 23.4 Å². The van der Waals surface area contributed by atoms with Crippen LogP contribution in [0.5, 0.6) is 0 Å². The van der Waals surface area contributed by atoms with Gasteiger partial charge in [0.2, 0.25) is 0 Å². The molecular formula is C14H16BrCl2NO. The van der Waals surface area contributed by atoms with Gasteiger partial charge in [-0.2, -0.15) is 0 Å². The fraction of sp³-hybridized carbons (Fsp3) is 0.500. The maximum atomic E-state index is 12.5. The third kappa shape index (κ3) is 3.87. The topological polar surface area (TPSA) is 20.3 Å². The Bertz CT molecular complexity index is 465. The van der Waals surface area contributed by atoms with Gasteiger partial charge in [0.05, 0.1) is 10.6 Å². The van der Waals surface area contributed by atoms with Crippen molar-refractivity contribution in [1.82, 2.24) is 4.90 Å². The minimum Gasteiger partial charge on any atom is -0.338 e. The van der Waals surface area contributed by atoms with E-state index in [1.165, 1.54) is 6.42 Å². The molecule has 1 fully saturated rings. The maximum absolute atomic E-state index is 12.5. The van der Waals surface area contributed by atoms with Crippen LogP contribution >= 0.6 is 39.1 Å². The quantitative estimate of drug-likeness (QED) is 0.716. The molecule has 0 N–H and O–H groups in total. The van der Waals surface area contributed by atoms with Gasteiger partial charge in [-0.3, -0.25) is 4.79 Å². The summed E-state index contributed by atoms with van der Waals surface area (Å²) in [5.74, 6) is 0.571. The zero-order chi connectivity index (χ0) is 13.8. The van der Waals surface area contributed by atoms with Crippen LogP contribution in [0.4, 0.5) is 0 Å². The van der Waals surface area contributed by atoms with Crippen LogP contribution in [-0.2, 0) is 0 Å². The summed E-state index contributed by atoms with van der Waals surface area (Å²) >= 11 is 15.5. The van der Waals surface area contributed by atoms with Gasteiger partial charge >= 0.3 is 0 Å². The SMILES string of the molecule is O=C(c1cc(Cl)ccc1Cl)N1CCCC(CCBr)C1. The number of alkyl halides is 1. The van der Waals surface area contributed by atoms with E-state index in [4.69, 9.17) is 23.2 Å². The van der Waals surface area contributed by atoms with Crippen LogP contribution in [0.3, 0.4) is 0 Å². The Balaban J connectivity index is 2.12. The smallest absolute Gasteiger partial charge is 0.255 e. The standard InChI is InChI=1S/C14H16BrCl2NO/c15-6-5-10-2-1-7-18(9-10)14(19)12-8-11(16)3-4-13(12)17/h3-4,8,10H,1-2,5-7,9H2. The molecular weight excluding hydrogens is 349 g/mol. The van der Waals surface area contributed by atoms with E-state index in [0.29, 0.717) is 21.5 Å². The minimum atomic E-state index is -0.00762. The second-order valence-corrected chi connectivity index (χ2v) is 6.50. The van der Waals surface area contributed by atoms with Crippen molar-refractivity contribution in [2.75, 3.05) is 18.4 Å². The molecule has 1 saturated heterocycles. The molecule has 19 heavy (non-hydrogen) atoms. The number of piperidine rings is 1. The molecule has 0 spiro atoms. The number of benzene rings is 1.